The molecule has 1 aromatic rings. The molecule has 0 aromatic carbocycles. The van der Waals surface area contributed by atoms with E-state index in [4.69, 9.17) is 5.73 Å². The van der Waals surface area contributed by atoms with Crippen LogP contribution in [0, 0.1) is 0 Å². The fraction of sp³-hybridized carbons (Fsp3) is 0.500. The van der Waals surface area contributed by atoms with Crippen LogP contribution in [-0.2, 0) is 0 Å². The van der Waals surface area contributed by atoms with Crippen LogP contribution in [-0.4, -0.2) is 12.0 Å². The van der Waals surface area contributed by atoms with Gasteiger partial charge in [-0.05, 0) is 14.0 Å². The van der Waals surface area contributed by atoms with Crippen molar-refractivity contribution in [1.82, 2.24) is 10.3 Å². The third-order valence-electron chi connectivity index (χ3n) is 1.42. The predicted molar refractivity (Wildman–Crippen MR) is 44.0 cm³/mol. The second-order valence-electron chi connectivity index (χ2n) is 2.12. The average Bonchev–Trinajstić information content (AvgIpc) is 2.34. The number of hydrogen-bond acceptors (Lipinski definition) is 4. The highest BCUT2D eigenvalue weighted by Gasteiger charge is 2.04. The van der Waals surface area contributed by atoms with Gasteiger partial charge in [0.2, 0.25) is 0 Å². The molecule has 0 amide bonds. The van der Waals surface area contributed by atoms with E-state index >= 15 is 0 Å². The van der Waals surface area contributed by atoms with Gasteiger partial charge in [0.05, 0.1) is 5.69 Å². The number of nitrogen functional groups attached to an aromatic ring is 1. The molecule has 1 atom stereocenters. The SMILES string of the molecule is CNC(C)c1csc(N)n1. The predicted octanol–water partition coefficient (Wildman–Crippen LogP) is 1.01. The van der Waals surface area contributed by atoms with Crippen LogP contribution in [0.15, 0.2) is 5.38 Å². The van der Waals surface area contributed by atoms with Gasteiger partial charge < -0.3 is 11.1 Å². The van der Waals surface area contributed by atoms with Crippen LogP contribution in [0.2, 0.25) is 0 Å². The molecule has 56 valence electrons. The molecule has 0 saturated heterocycles. The van der Waals surface area contributed by atoms with Crippen LogP contribution in [0.25, 0.3) is 0 Å². The van der Waals surface area contributed by atoms with E-state index in [1.807, 2.05) is 12.4 Å². The minimum absolute atomic E-state index is 0.300. The minimum atomic E-state index is 0.300. The Labute approximate surface area is 64.3 Å². The van der Waals surface area contributed by atoms with Crippen molar-refractivity contribution in [3.8, 4) is 0 Å². The molecule has 1 unspecified atom stereocenters. The van der Waals surface area contributed by atoms with Crippen LogP contribution in [0.4, 0.5) is 5.13 Å². The summed E-state index contributed by atoms with van der Waals surface area (Å²) in [5, 5.41) is 5.69. The molecule has 0 spiro atoms. The second-order valence-corrected chi connectivity index (χ2v) is 3.01. The van der Waals surface area contributed by atoms with Crippen LogP contribution in [0.3, 0.4) is 0 Å². The zero-order valence-corrected chi connectivity index (χ0v) is 6.90. The Balaban J connectivity index is 2.74. The molecular formula is C6H11N3S. The summed E-state index contributed by atoms with van der Waals surface area (Å²) in [6.07, 6.45) is 0. The fourth-order valence-corrected chi connectivity index (χ4v) is 1.30. The molecule has 0 radical (unpaired) electrons. The van der Waals surface area contributed by atoms with Gasteiger partial charge in [0, 0.05) is 11.4 Å². The molecular weight excluding hydrogens is 146 g/mol. The maximum atomic E-state index is 5.45. The Morgan fingerprint density at radius 3 is 2.90 bits per heavy atom. The molecule has 1 rings (SSSR count). The summed E-state index contributed by atoms with van der Waals surface area (Å²) in [4.78, 5) is 4.12. The van der Waals surface area contributed by atoms with E-state index in [9.17, 15) is 0 Å². The lowest BCUT2D eigenvalue weighted by molar-refractivity contribution is 0.637. The Morgan fingerprint density at radius 1 is 1.80 bits per heavy atom. The molecule has 10 heavy (non-hydrogen) atoms. The molecule has 0 saturated carbocycles. The molecule has 3 nitrogen and oxygen atoms in total. The van der Waals surface area contributed by atoms with E-state index in [0.717, 1.165) is 5.69 Å². The van der Waals surface area contributed by atoms with Crippen molar-refractivity contribution in [2.45, 2.75) is 13.0 Å². The maximum absolute atomic E-state index is 5.45. The van der Waals surface area contributed by atoms with Gasteiger partial charge in [-0.3, -0.25) is 0 Å². The van der Waals surface area contributed by atoms with Crippen LogP contribution < -0.4 is 11.1 Å². The monoisotopic (exact) mass is 157 g/mol. The van der Waals surface area contributed by atoms with Gasteiger partial charge in [-0.15, -0.1) is 11.3 Å². The summed E-state index contributed by atoms with van der Waals surface area (Å²) >= 11 is 1.47. The molecule has 1 aromatic heterocycles. The first kappa shape index (κ1) is 7.50. The largest absolute Gasteiger partial charge is 0.375 e. The van der Waals surface area contributed by atoms with Crippen LogP contribution >= 0.6 is 11.3 Å². The first-order chi connectivity index (χ1) is 4.74. The summed E-state index contributed by atoms with van der Waals surface area (Å²) in [5.41, 5.74) is 6.47. The van der Waals surface area contributed by atoms with Crippen molar-refractivity contribution in [3.05, 3.63) is 11.1 Å². The standard InChI is InChI=1S/C6H11N3S/c1-4(8-2)5-3-10-6(7)9-5/h3-4,8H,1-2H3,(H2,7,9). The zero-order valence-electron chi connectivity index (χ0n) is 6.09. The molecule has 3 N–H and O–H groups in total. The zero-order chi connectivity index (χ0) is 7.56. The Bertz CT molecular complexity index is 209. The number of nitrogens with one attached hydrogen (secondary N) is 1. The molecule has 0 aliphatic rings. The van der Waals surface area contributed by atoms with Gasteiger partial charge in [0.15, 0.2) is 5.13 Å². The third-order valence-corrected chi connectivity index (χ3v) is 2.11. The lowest BCUT2D eigenvalue weighted by atomic mass is 10.3. The van der Waals surface area contributed by atoms with Gasteiger partial charge in [-0.2, -0.15) is 0 Å². The van der Waals surface area contributed by atoms with Crippen LogP contribution in [0.5, 0.6) is 0 Å². The maximum Gasteiger partial charge on any atom is 0.180 e. The summed E-state index contributed by atoms with van der Waals surface area (Å²) in [5.74, 6) is 0. The quantitative estimate of drug-likeness (QED) is 0.673. The molecule has 0 aliphatic heterocycles. The van der Waals surface area contributed by atoms with E-state index in [1.165, 1.54) is 11.3 Å². The van der Waals surface area contributed by atoms with Gasteiger partial charge >= 0.3 is 0 Å². The van der Waals surface area contributed by atoms with E-state index in [0.29, 0.717) is 11.2 Å². The number of anilines is 1. The minimum Gasteiger partial charge on any atom is -0.375 e. The van der Waals surface area contributed by atoms with Crippen LogP contribution in [0.1, 0.15) is 18.7 Å². The van der Waals surface area contributed by atoms with Gasteiger partial charge in [-0.25, -0.2) is 4.98 Å². The third kappa shape index (κ3) is 1.46. The number of aromatic nitrogens is 1. The van der Waals surface area contributed by atoms with Gasteiger partial charge in [-0.1, -0.05) is 0 Å². The molecule has 0 aliphatic carbocycles. The highest BCUT2D eigenvalue weighted by Crippen LogP contribution is 2.16. The highest BCUT2D eigenvalue weighted by atomic mass is 32.1. The summed E-state index contributed by atoms with van der Waals surface area (Å²) in [7, 11) is 1.90. The highest BCUT2D eigenvalue weighted by molar-refractivity contribution is 7.13. The van der Waals surface area contributed by atoms with Crippen molar-refractivity contribution in [1.29, 1.82) is 0 Å². The van der Waals surface area contributed by atoms with E-state index in [-0.39, 0.29) is 0 Å². The number of nitrogens with two attached hydrogens (primary N) is 1. The molecule has 1 heterocycles. The lowest BCUT2D eigenvalue weighted by Crippen LogP contribution is -2.12. The topological polar surface area (TPSA) is 50.9 Å². The number of rotatable bonds is 2. The fourth-order valence-electron chi connectivity index (χ4n) is 0.647. The van der Waals surface area contributed by atoms with Gasteiger partial charge in [0.25, 0.3) is 0 Å². The molecule has 4 heteroatoms. The normalized spacial score (nSPS) is 13.4. The Kier molecular flexibility index (Phi) is 2.24. The Morgan fingerprint density at radius 2 is 2.50 bits per heavy atom. The number of thiazole rings is 1. The lowest BCUT2D eigenvalue weighted by Gasteiger charge is -2.04. The number of hydrogen-bond donors (Lipinski definition) is 2. The van der Waals surface area contributed by atoms with Crippen molar-refractivity contribution in [2.75, 3.05) is 12.8 Å². The molecule has 0 fully saturated rings. The van der Waals surface area contributed by atoms with E-state index in [2.05, 4.69) is 17.2 Å². The van der Waals surface area contributed by atoms with E-state index in [1.54, 1.807) is 0 Å². The first-order valence-corrected chi connectivity index (χ1v) is 4.00. The smallest absolute Gasteiger partial charge is 0.180 e. The second kappa shape index (κ2) is 2.98. The van der Waals surface area contributed by atoms with Crippen molar-refractivity contribution >= 4 is 16.5 Å². The van der Waals surface area contributed by atoms with Crippen molar-refractivity contribution < 1.29 is 0 Å². The van der Waals surface area contributed by atoms with Crippen molar-refractivity contribution in [3.63, 3.8) is 0 Å². The summed E-state index contributed by atoms with van der Waals surface area (Å²) in [6.45, 7) is 2.05. The Hall–Kier alpha value is -0.610. The number of nitrogens with zero attached hydrogens (tertiary/aromatic N) is 1. The molecule has 0 bridgehead atoms. The van der Waals surface area contributed by atoms with Crippen molar-refractivity contribution in [2.24, 2.45) is 0 Å². The first-order valence-electron chi connectivity index (χ1n) is 3.12. The summed E-state index contributed by atoms with van der Waals surface area (Å²) < 4.78 is 0. The average molecular weight is 157 g/mol. The summed E-state index contributed by atoms with van der Waals surface area (Å²) in [6, 6.07) is 0.300. The van der Waals surface area contributed by atoms with E-state index < -0.39 is 0 Å². The van der Waals surface area contributed by atoms with Gasteiger partial charge in [0.1, 0.15) is 0 Å².